The molecular weight excluding hydrogens is 234 g/mol. The molecule has 1 aliphatic carbocycles. The molecule has 0 spiro atoms. The lowest BCUT2D eigenvalue weighted by molar-refractivity contribution is -0.132. The quantitative estimate of drug-likeness (QED) is 0.821. The Morgan fingerprint density at radius 3 is 3.12 bits per heavy atom. The summed E-state index contributed by atoms with van der Waals surface area (Å²) in [5, 5.41) is 2.02. The first-order chi connectivity index (χ1) is 8.29. The fourth-order valence-corrected chi connectivity index (χ4v) is 3.94. The Bertz CT molecular complexity index is 404. The van der Waals surface area contributed by atoms with Crippen LogP contribution in [0.25, 0.3) is 0 Å². The summed E-state index contributed by atoms with van der Waals surface area (Å²) in [6.07, 6.45) is 3.16. The Labute approximate surface area is 105 Å². The molecule has 2 fully saturated rings. The lowest BCUT2D eigenvalue weighted by atomic mass is 10.1. The van der Waals surface area contributed by atoms with E-state index in [0.29, 0.717) is 18.4 Å². The highest BCUT2D eigenvalue weighted by Crippen LogP contribution is 2.39. The molecule has 3 atom stereocenters. The van der Waals surface area contributed by atoms with E-state index in [1.165, 1.54) is 6.42 Å². The van der Waals surface area contributed by atoms with E-state index in [-0.39, 0.29) is 12.0 Å². The summed E-state index contributed by atoms with van der Waals surface area (Å²) < 4.78 is 5.52. The van der Waals surface area contributed by atoms with Gasteiger partial charge in [-0.3, -0.25) is 4.79 Å². The summed E-state index contributed by atoms with van der Waals surface area (Å²) in [7, 11) is 1.77. The Balaban J connectivity index is 1.68. The molecule has 3 nitrogen and oxygen atoms in total. The van der Waals surface area contributed by atoms with Crippen molar-refractivity contribution >= 4 is 17.2 Å². The second-order valence-corrected chi connectivity index (χ2v) is 5.94. The van der Waals surface area contributed by atoms with Gasteiger partial charge in [-0.25, -0.2) is 0 Å². The average molecular weight is 251 g/mol. The van der Waals surface area contributed by atoms with Crippen LogP contribution in [0.3, 0.4) is 0 Å². The van der Waals surface area contributed by atoms with E-state index in [0.717, 1.165) is 17.8 Å². The van der Waals surface area contributed by atoms with Gasteiger partial charge < -0.3 is 9.64 Å². The summed E-state index contributed by atoms with van der Waals surface area (Å²) in [5.41, 5.74) is 0. The Hall–Kier alpha value is -0.870. The largest absolute Gasteiger partial charge is 0.379 e. The van der Waals surface area contributed by atoms with Gasteiger partial charge in [0.05, 0.1) is 18.6 Å². The molecular formula is C13H17NO2S. The Kier molecular flexibility index (Phi) is 2.92. The molecule has 2 aliphatic rings. The summed E-state index contributed by atoms with van der Waals surface area (Å²) >= 11 is 1.66. The van der Waals surface area contributed by atoms with Crippen molar-refractivity contribution in [3.63, 3.8) is 0 Å². The van der Waals surface area contributed by atoms with Gasteiger partial charge in [0, 0.05) is 24.4 Å². The van der Waals surface area contributed by atoms with E-state index in [2.05, 4.69) is 0 Å². The minimum atomic E-state index is 0.265. The number of thiophene rings is 1. The van der Waals surface area contributed by atoms with Crippen LogP contribution in [0.15, 0.2) is 17.5 Å². The first-order valence-electron chi connectivity index (χ1n) is 6.14. The normalized spacial score (nSPS) is 31.1. The molecule has 2 bridgehead atoms. The minimum Gasteiger partial charge on any atom is -0.379 e. The maximum absolute atomic E-state index is 12.2. The maximum Gasteiger partial charge on any atom is 0.228 e. The predicted molar refractivity (Wildman–Crippen MR) is 67.0 cm³/mol. The van der Waals surface area contributed by atoms with Gasteiger partial charge in [0.2, 0.25) is 5.91 Å². The van der Waals surface area contributed by atoms with Crippen LogP contribution >= 0.6 is 11.3 Å². The first kappa shape index (κ1) is 11.2. The number of carbonyl (C=O) groups excluding carboxylic acids is 1. The molecule has 4 heteroatoms. The number of piperidine rings is 1. The standard InChI is InChI=1S/C13H17NO2S/c1-16-13-9-4-5-11(13)14(8-9)12(15)7-10-3-2-6-17-10/h2-3,6,9,11,13H,4-5,7-8H2,1H3. The van der Waals surface area contributed by atoms with Crippen LogP contribution in [-0.2, 0) is 16.0 Å². The molecule has 0 aromatic carbocycles. The van der Waals surface area contributed by atoms with Gasteiger partial charge >= 0.3 is 0 Å². The SMILES string of the molecule is COC1C2CCC1N(C(=O)Cc1cccs1)C2. The number of amides is 1. The average Bonchev–Trinajstić information content (AvgIpc) is 3.02. The van der Waals surface area contributed by atoms with Crippen molar-refractivity contribution < 1.29 is 9.53 Å². The minimum absolute atomic E-state index is 0.265. The van der Waals surface area contributed by atoms with Crippen molar-refractivity contribution in [2.24, 2.45) is 5.92 Å². The van der Waals surface area contributed by atoms with Crippen LogP contribution in [0.4, 0.5) is 0 Å². The Morgan fingerprint density at radius 2 is 2.47 bits per heavy atom. The fourth-order valence-electron chi connectivity index (χ4n) is 3.24. The molecule has 92 valence electrons. The van der Waals surface area contributed by atoms with Gasteiger partial charge in [0.1, 0.15) is 0 Å². The zero-order valence-corrected chi connectivity index (χ0v) is 10.8. The van der Waals surface area contributed by atoms with Crippen molar-refractivity contribution in [2.45, 2.75) is 31.4 Å². The lowest BCUT2D eigenvalue weighted by Gasteiger charge is -2.27. The number of likely N-dealkylation sites (tertiary alicyclic amines) is 1. The van der Waals surface area contributed by atoms with Gasteiger partial charge in [-0.15, -0.1) is 11.3 Å². The van der Waals surface area contributed by atoms with E-state index in [1.807, 2.05) is 22.4 Å². The highest BCUT2D eigenvalue weighted by atomic mass is 32.1. The van der Waals surface area contributed by atoms with Crippen LogP contribution in [-0.4, -0.2) is 36.6 Å². The molecule has 2 heterocycles. The Morgan fingerprint density at radius 1 is 1.59 bits per heavy atom. The highest BCUT2D eigenvalue weighted by Gasteiger charge is 2.48. The van der Waals surface area contributed by atoms with Gasteiger partial charge in [0.25, 0.3) is 0 Å². The third-order valence-corrected chi connectivity index (χ3v) is 4.88. The molecule has 0 N–H and O–H groups in total. The molecule has 1 saturated heterocycles. The van der Waals surface area contributed by atoms with Gasteiger partial charge in [0.15, 0.2) is 0 Å². The number of rotatable bonds is 3. The molecule has 1 aromatic rings. The summed E-state index contributed by atoms with van der Waals surface area (Å²) in [5.74, 6) is 0.832. The van der Waals surface area contributed by atoms with E-state index in [9.17, 15) is 4.79 Å². The zero-order chi connectivity index (χ0) is 11.8. The molecule has 1 saturated carbocycles. The zero-order valence-electron chi connectivity index (χ0n) is 9.96. The van der Waals surface area contributed by atoms with Crippen molar-refractivity contribution in [1.82, 2.24) is 4.90 Å². The molecule has 1 aliphatic heterocycles. The van der Waals surface area contributed by atoms with Crippen LogP contribution < -0.4 is 0 Å². The topological polar surface area (TPSA) is 29.5 Å². The van der Waals surface area contributed by atoms with Crippen molar-refractivity contribution in [3.8, 4) is 0 Å². The summed E-state index contributed by atoms with van der Waals surface area (Å²) in [4.78, 5) is 15.4. The number of ether oxygens (including phenoxy) is 1. The van der Waals surface area contributed by atoms with Crippen molar-refractivity contribution in [3.05, 3.63) is 22.4 Å². The molecule has 0 radical (unpaired) electrons. The number of hydrogen-bond donors (Lipinski definition) is 0. The van der Waals surface area contributed by atoms with E-state index in [4.69, 9.17) is 4.74 Å². The second kappa shape index (κ2) is 4.42. The van der Waals surface area contributed by atoms with Crippen LogP contribution in [0.2, 0.25) is 0 Å². The van der Waals surface area contributed by atoms with Gasteiger partial charge in [-0.2, -0.15) is 0 Å². The monoisotopic (exact) mass is 251 g/mol. The van der Waals surface area contributed by atoms with Crippen LogP contribution in [0.5, 0.6) is 0 Å². The maximum atomic E-state index is 12.2. The number of nitrogens with zero attached hydrogens (tertiary/aromatic N) is 1. The number of fused-ring (bicyclic) bond motifs is 2. The third kappa shape index (κ3) is 1.89. The smallest absolute Gasteiger partial charge is 0.228 e. The second-order valence-electron chi connectivity index (χ2n) is 4.91. The molecule has 3 rings (SSSR count). The van der Waals surface area contributed by atoms with Crippen molar-refractivity contribution in [1.29, 1.82) is 0 Å². The van der Waals surface area contributed by atoms with Crippen molar-refractivity contribution in [2.75, 3.05) is 13.7 Å². The molecule has 1 amide bonds. The van der Waals surface area contributed by atoms with Gasteiger partial charge in [-0.1, -0.05) is 6.07 Å². The van der Waals surface area contributed by atoms with E-state index >= 15 is 0 Å². The summed E-state index contributed by atoms with van der Waals surface area (Å²) in [6.45, 7) is 0.896. The number of hydrogen-bond acceptors (Lipinski definition) is 3. The highest BCUT2D eigenvalue weighted by molar-refractivity contribution is 7.10. The van der Waals surface area contributed by atoms with E-state index < -0.39 is 0 Å². The number of methoxy groups -OCH3 is 1. The lowest BCUT2D eigenvalue weighted by Crippen LogP contribution is -2.40. The third-order valence-electron chi connectivity index (χ3n) is 4.01. The predicted octanol–water partition coefficient (Wildman–Crippen LogP) is 1.93. The van der Waals surface area contributed by atoms with Crippen LogP contribution in [0, 0.1) is 5.92 Å². The summed E-state index contributed by atoms with van der Waals surface area (Å²) in [6, 6.07) is 4.36. The molecule has 3 unspecified atom stereocenters. The van der Waals surface area contributed by atoms with Gasteiger partial charge in [-0.05, 0) is 24.3 Å². The number of carbonyl (C=O) groups is 1. The van der Waals surface area contributed by atoms with E-state index in [1.54, 1.807) is 18.4 Å². The molecule has 17 heavy (non-hydrogen) atoms. The fraction of sp³-hybridized carbons (Fsp3) is 0.615. The van der Waals surface area contributed by atoms with Crippen LogP contribution in [0.1, 0.15) is 17.7 Å². The first-order valence-corrected chi connectivity index (χ1v) is 7.02. The molecule has 1 aromatic heterocycles.